The molecular weight excluding hydrogens is 216 g/mol. The van der Waals surface area contributed by atoms with Crippen molar-refractivity contribution in [2.24, 2.45) is 0 Å². The number of nitrogens with zero attached hydrogens (tertiary/aromatic N) is 1. The number of rotatable bonds is 4. The van der Waals surface area contributed by atoms with Crippen molar-refractivity contribution < 1.29 is 9.53 Å². The second-order valence-corrected chi connectivity index (χ2v) is 4.09. The molecule has 88 valence electrons. The molecule has 0 bridgehead atoms. The first kappa shape index (κ1) is 11.5. The van der Waals surface area contributed by atoms with Gasteiger partial charge < -0.3 is 10.1 Å². The molecule has 0 aromatic heterocycles. The predicted molar refractivity (Wildman–Crippen MR) is 62.4 cm³/mol. The highest BCUT2D eigenvalue weighted by Gasteiger charge is 2.20. The monoisotopic (exact) mass is 230 g/mol. The Hall–Kier alpha value is -2.02. The Labute approximate surface area is 100 Å². The van der Waals surface area contributed by atoms with Gasteiger partial charge in [0, 0.05) is 6.42 Å². The Morgan fingerprint density at radius 1 is 1.41 bits per heavy atom. The first-order valence-electron chi connectivity index (χ1n) is 5.66. The van der Waals surface area contributed by atoms with Gasteiger partial charge in [-0.3, -0.25) is 4.79 Å². The van der Waals surface area contributed by atoms with Gasteiger partial charge in [-0.2, -0.15) is 5.26 Å². The Kier molecular flexibility index (Phi) is 3.61. The summed E-state index contributed by atoms with van der Waals surface area (Å²) < 4.78 is 5.57. The molecule has 1 fully saturated rings. The van der Waals surface area contributed by atoms with E-state index in [9.17, 15) is 4.79 Å². The number of benzene rings is 1. The van der Waals surface area contributed by atoms with Gasteiger partial charge in [-0.15, -0.1) is 0 Å². The average Bonchev–Trinajstić information content (AvgIpc) is 2.75. The molecule has 17 heavy (non-hydrogen) atoms. The Balaban J connectivity index is 1.83. The molecule has 1 saturated heterocycles. The van der Waals surface area contributed by atoms with Gasteiger partial charge >= 0.3 is 0 Å². The second-order valence-electron chi connectivity index (χ2n) is 4.09. The number of nitriles is 1. The summed E-state index contributed by atoms with van der Waals surface area (Å²) in [5.74, 6) is 0.871. The maximum absolute atomic E-state index is 11.0. The van der Waals surface area contributed by atoms with Crippen molar-refractivity contribution in [2.45, 2.75) is 25.3 Å². The van der Waals surface area contributed by atoms with E-state index < -0.39 is 0 Å². The van der Waals surface area contributed by atoms with Crippen molar-refractivity contribution in [3.8, 4) is 11.8 Å². The van der Waals surface area contributed by atoms with Crippen molar-refractivity contribution in [2.75, 3.05) is 6.61 Å². The maximum atomic E-state index is 11.0. The minimum Gasteiger partial charge on any atom is -0.491 e. The van der Waals surface area contributed by atoms with Crippen molar-refractivity contribution in [1.29, 1.82) is 5.26 Å². The van der Waals surface area contributed by atoms with E-state index in [-0.39, 0.29) is 11.9 Å². The molecule has 1 atom stereocenters. The van der Waals surface area contributed by atoms with Crippen LogP contribution in [-0.4, -0.2) is 18.6 Å². The Morgan fingerprint density at radius 2 is 2.18 bits per heavy atom. The fourth-order valence-corrected chi connectivity index (χ4v) is 1.79. The zero-order valence-corrected chi connectivity index (χ0v) is 9.48. The molecule has 0 spiro atoms. The third-order valence-corrected chi connectivity index (χ3v) is 2.74. The summed E-state index contributed by atoms with van der Waals surface area (Å²) in [6, 6.07) is 9.69. The highest BCUT2D eigenvalue weighted by atomic mass is 16.5. The van der Waals surface area contributed by atoms with Gasteiger partial charge in [-0.1, -0.05) is 12.1 Å². The number of hydrogen-bond acceptors (Lipinski definition) is 3. The van der Waals surface area contributed by atoms with E-state index in [1.807, 2.05) is 24.3 Å². The molecular formula is C13H14N2O2. The second kappa shape index (κ2) is 5.35. The van der Waals surface area contributed by atoms with Crippen molar-refractivity contribution >= 4 is 5.91 Å². The molecule has 1 heterocycles. The lowest BCUT2D eigenvalue weighted by molar-refractivity contribution is -0.119. The molecule has 1 amide bonds. The predicted octanol–water partition coefficient (Wildman–Crippen LogP) is 1.41. The fraction of sp³-hybridized carbons (Fsp3) is 0.385. The van der Waals surface area contributed by atoms with E-state index in [2.05, 4.69) is 11.4 Å². The van der Waals surface area contributed by atoms with E-state index in [1.54, 1.807) is 0 Å². The molecule has 4 nitrogen and oxygen atoms in total. The van der Waals surface area contributed by atoms with Crippen molar-refractivity contribution in [3.63, 3.8) is 0 Å². The zero-order valence-electron chi connectivity index (χ0n) is 9.48. The van der Waals surface area contributed by atoms with Gasteiger partial charge in [0.1, 0.15) is 12.4 Å². The number of hydrogen-bond donors (Lipinski definition) is 1. The summed E-state index contributed by atoms with van der Waals surface area (Å²) in [6.07, 6.45) is 1.85. The average molecular weight is 230 g/mol. The highest BCUT2D eigenvalue weighted by Crippen LogP contribution is 2.14. The number of ether oxygens (including phenoxy) is 1. The molecule has 1 aliphatic heterocycles. The fourth-order valence-electron chi connectivity index (χ4n) is 1.79. The Morgan fingerprint density at radius 3 is 2.76 bits per heavy atom. The molecule has 0 aliphatic carbocycles. The van der Waals surface area contributed by atoms with Crippen LogP contribution in [0.1, 0.15) is 18.4 Å². The SMILES string of the molecule is N#CCc1ccc(OCC2CCC(=O)N2)cc1. The third-order valence-electron chi connectivity index (χ3n) is 2.74. The molecule has 1 aliphatic rings. The molecule has 0 saturated carbocycles. The first-order valence-corrected chi connectivity index (χ1v) is 5.66. The number of carbonyl (C=O) groups excluding carboxylic acids is 1. The van der Waals surface area contributed by atoms with Crippen LogP contribution in [-0.2, 0) is 11.2 Å². The number of nitrogens with one attached hydrogen (secondary N) is 1. The largest absolute Gasteiger partial charge is 0.491 e. The van der Waals surface area contributed by atoms with Crippen molar-refractivity contribution in [3.05, 3.63) is 29.8 Å². The van der Waals surface area contributed by atoms with Crippen LogP contribution >= 0.6 is 0 Å². The minimum atomic E-state index is 0.1000. The summed E-state index contributed by atoms with van der Waals surface area (Å²) in [5, 5.41) is 11.4. The van der Waals surface area contributed by atoms with Crippen LogP contribution in [0.4, 0.5) is 0 Å². The summed E-state index contributed by atoms with van der Waals surface area (Å²) >= 11 is 0. The number of amides is 1. The van der Waals surface area contributed by atoms with Crippen LogP contribution in [0, 0.1) is 11.3 Å². The summed E-state index contributed by atoms with van der Waals surface area (Å²) in [4.78, 5) is 11.0. The molecule has 1 aromatic rings. The van der Waals surface area contributed by atoms with Gasteiger partial charge in [0.25, 0.3) is 0 Å². The Bertz CT molecular complexity index is 434. The van der Waals surface area contributed by atoms with Crippen LogP contribution in [0.2, 0.25) is 0 Å². The summed E-state index contributed by atoms with van der Waals surface area (Å²) in [5.41, 5.74) is 0.981. The normalized spacial score (nSPS) is 18.5. The highest BCUT2D eigenvalue weighted by molar-refractivity contribution is 5.78. The van der Waals surface area contributed by atoms with Gasteiger partial charge in [0.05, 0.1) is 18.5 Å². The van der Waals surface area contributed by atoms with Crippen LogP contribution in [0.25, 0.3) is 0 Å². The summed E-state index contributed by atoms with van der Waals surface area (Å²) in [6.45, 7) is 0.503. The molecule has 1 N–H and O–H groups in total. The lowest BCUT2D eigenvalue weighted by Crippen LogP contribution is -2.30. The zero-order chi connectivity index (χ0) is 12.1. The standard InChI is InChI=1S/C13H14N2O2/c14-8-7-10-1-4-12(5-2-10)17-9-11-3-6-13(16)15-11/h1-2,4-5,11H,3,6-7,9H2,(H,15,16). The molecule has 1 aromatic carbocycles. The lowest BCUT2D eigenvalue weighted by Gasteiger charge is -2.11. The molecule has 1 unspecified atom stereocenters. The van der Waals surface area contributed by atoms with Gasteiger partial charge in [-0.25, -0.2) is 0 Å². The van der Waals surface area contributed by atoms with Crippen molar-refractivity contribution in [1.82, 2.24) is 5.32 Å². The van der Waals surface area contributed by atoms with E-state index in [0.29, 0.717) is 19.4 Å². The minimum absolute atomic E-state index is 0.1000. The first-order chi connectivity index (χ1) is 8.28. The van der Waals surface area contributed by atoms with E-state index >= 15 is 0 Å². The van der Waals surface area contributed by atoms with E-state index in [1.165, 1.54) is 0 Å². The van der Waals surface area contributed by atoms with Gasteiger partial charge in [-0.05, 0) is 24.1 Å². The summed E-state index contributed by atoms with van der Waals surface area (Å²) in [7, 11) is 0. The smallest absolute Gasteiger partial charge is 0.220 e. The van der Waals surface area contributed by atoms with Crippen LogP contribution < -0.4 is 10.1 Å². The van der Waals surface area contributed by atoms with Gasteiger partial charge in [0.15, 0.2) is 0 Å². The number of carbonyl (C=O) groups is 1. The third kappa shape index (κ3) is 3.22. The topological polar surface area (TPSA) is 62.1 Å². The van der Waals surface area contributed by atoms with E-state index in [4.69, 9.17) is 10.00 Å². The molecule has 4 heteroatoms. The molecule has 0 radical (unpaired) electrons. The van der Waals surface area contributed by atoms with Crippen LogP contribution in [0.5, 0.6) is 5.75 Å². The van der Waals surface area contributed by atoms with Crippen LogP contribution in [0.3, 0.4) is 0 Å². The van der Waals surface area contributed by atoms with Crippen LogP contribution in [0.15, 0.2) is 24.3 Å². The maximum Gasteiger partial charge on any atom is 0.220 e. The lowest BCUT2D eigenvalue weighted by atomic mass is 10.2. The molecule has 2 rings (SSSR count). The quantitative estimate of drug-likeness (QED) is 0.850. The van der Waals surface area contributed by atoms with Gasteiger partial charge in [0.2, 0.25) is 5.91 Å². The van der Waals surface area contributed by atoms with E-state index in [0.717, 1.165) is 17.7 Å².